The molecule has 0 spiro atoms. The molecule has 0 aliphatic carbocycles. The third-order valence-corrected chi connectivity index (χ3v) is 3.96. The lowest BCUT2D eigenvalue weighted by Crippen LogP contribution is -2.41. The second kappa shape index (κ2) is 7.34. The normalized spacial score (nSPS) is 19.2. The maximum absolute atomic E-state index is 5.22. The highest BCUT2D eigenvalue weighted by atomic mass is 16.5. The highest BCUT2D eigenvalue weighted by Crippen LogP contribution is 2.28. The number of rotatable bonds is 4. The summed E-state index contributed by atoms with van der Waals surface area (Å²) in [5.74, 6) is 3.15. The van der Waals surface area contributed by atoms with Gasteiger partial charge in [-0.25, -0.2) is 0 Å². The summed E-state index contributed by atoms with van der Waals surface area (Å²) in [4.78, 5) is 6.77. The Balaban J connectivity index is 1.95. The SMILES string of the molecule is CN=C(NCC(C)C)N1CCC(c2ccc(OC)cc2)C1. The average molecular weight is 289 g/mol. The van der Waals surface area contributed by atoms with Gasteiger partial charge in [0.15, 0.2) is 5.96 Å². The van der Waals surface area contributed by atoms with Gasteiger partial charge in [-0.3, -0.25) is 4.99 Å². The minimum atomic E-state index is 0.577. The van der Waals surface area contributed by atoms with Crippen LogP contribution >= 0.6 is 0 Å². The van der Waals surface area contributed by atoms with E-state index < -0.39 is 0 Å². The minimum Gasteiger partial charge on any atom is -0.497 e. The Labute approximate surface area is 128 Å². The van der Waals surface area contributed by atoms with Crippen molar-refractivity contribution in [1.82, 2.24) is 10.2 Å². The number of nitrogens with one attached hydrogen (secondary N) is 1. The van der Waals surface area contributed by atoms with Crippen LogP contribution in [0, 0.1) is 5.92 Å². The monoisotopic (exact) mass is 289 g/mol. The Kier molecular flexibility index (Phi) is 5.48. The number of guanidine groups is 1. The van der Waals surface area contributed by atoms with Gasteiger partial charge in [-0.15, -0.1) is 0 Å². The number of methoxy groups -OCH3 is 1. The maximum atomic E-state index is 5.22. The van der Waals surface area contributed by atoms with Gasteiger partial charge in [0.2, 0.25) is 0 Å². The summed E-state index contributed by atoms with van der Waals surface area (Å²) >= 11 is 0. The van der Waals surface area contributed by atoms with Gasteiger partial charge < -0.3 is 15.0 Å². The van der Waals surface area contributed by atoms with Gasteiger partial charge in [-0.2, -0.15) is 0 Å². The van der Waals surface area contributed by atoms with Crippen molar-refractivity contribution in [2.24, 2.45) is 10.9 Å². The van der Waals surface area contributed by atoms with E-state index in [0.29, 0.717) is 11.8 Å². The Hall–Kier alpha value is -1.71. The molecular weight excluding hydrogens is 262 g/mol. The molecule has 4 heteroatoms. The molecule has 0 aromatic heterocycles. The van der Waals surface area contributed by atoms with Crippen LogP contribution in [0.1, 0.15) is 31.7 Å². The van der Waals surface area contributed by atoms with Crippen molar-refractivity contribution in [3.05, 3.63) is 29.8 Å². The molecule has 1 atom stereocenters. The number of likely N-dealkylation sites (tertiary alicyclic amines) is 1. The van der Waals surface area contributed by atoms with Crippen molar-refractivity contribution in [2.75, 3.05) is 33.8 Å². The van der Waals surface area contributed by atoms with Crippen LogP contribution in [-0.2, 0) is 0 Å². The molecule has 0 radical (unpaired) electrons. The Bertz CT molecular complexity index is 467. The van der Waals surface area contributed by atoms with E-state index in [1.807, 2.05) is 19.2 Å². The first-order chi connectivity index (χ1) is 10.1. The van der Waals surface area contributed by atoms with Crippen molar-refractivity contribution in [3.63, 3.8) is 0 Å². The van der Waals surface area contributed by atoms with E-state index in [1.165, 1.54) is 12.0 Å². The molecule has 4 nitrogen and oxygen atoms in total. The van der Waals surface area contributed by atoms with Gasteiger partial charge in [-0.05, 0) is 30.0 Å². The topological polar surface area (TPSA) is 36.9 Å². The third kappa shape index (κ3) is 4.13. The first kappa shape index (κ1) is 15.7. The molecule has 116 valence electrons. The molecule has 1 aromatic rings. The van der Waals surface area contributed by atoms with Crippen LogP contribution in [0.3, 0.4) is 0 Å². The van der Waals surface area contributed by atoms with Crippen LogP contribution in [0.25, 0.3) is 0 Å². The van der Waals surface area contributed by atoms with Gasteiger partial charge >= 0.3 is 0 Å². The summed E-state index contributed by atoms with van der Waals surface area (Å²) in [7, 11) is 3.57. The van der Waals surface area contributed by atoms with Crippen LogP contribution in [-0.4, -0.2) is 44.7 Å². The number of aliphatic imine (C=N–C) groups is 1. The molecule has 1 unspecified atom stereocenters. The Morgan fingerprint density at radius 1 is 1.38 bits per heavy atom. The lowest BCUT2D eigenvalue weighted by atomic mass is 9.98. The molecule has 1 aromatic carbocycles. The minimum absolute atomic E-state index is 0.577. The standard InChI is InChI=1S/C17H27N3O/c1-13(2)11-19-17(18-3)20-10-9-15(12-20)14-5-7-16(21-4)8-6-14/h5-8,13,15H,9-12H2,1-4H3,(H,18,19). The third-order valence-electron chi connectivity index (χ3n) is 3.96. The van der Waals surface area contributed by atoms with Gasteiger partial charge in [-0.1, -0.05) is 26.0 Å². The molecule has 2 rings (SSSR count). The summed E-state index contributed by atoms with van der Waals surface area (Å²) in [6.07, 6.45) is 1.18. The summed E-state index contributed by atoms with van der Waals surface area (Å²) in [6.45, 7) is 7.49. The van der Waals surface area contributed by atoms with E-state index in [0.717, 1.165) is 31.3 Å². The van der Waals surface area contributed by atoms with E-state index in [4.69, 9.17) is 4.74 Å². The highest BCUT2D eigenvalue weighted by Gasteiger charge is 2.25. The molecule has 1 aliphatic rings. The fourth-order valence-electron chi connectivity index (χ4n) is 2.73. The first-order valence-corrected chi connectivity index (χ1v) is 7.73. The zero-order chi connectivity index (χ0) is 15.2. The summed E-state index contributed by atoms with van der Waals surface area (Å²) in [6, 6.07) is 8.45. The maximum Gasteiger partial charge on any atom is 0.193 e. The molecular formula is C17H27N3O. The number of hydrogen-bond acceptors (Lipinski definition) is 2. The van der Waals surface area contributed by atoms with Crippen LogP contribution in [0.5, 0.6) is 5.75 Å². The molecule has 0 bridgehead atoms. The van der Waals surface area contributed by atoms with Gasteiger partial charge in [0.1, 0.15) is 5.75 Å². The number of hydrogen-bond donors (Lipinski definition) is 1. The van der Waals surface area contributed by atoms with Gasteiger partial charge in [0, 0.05) is 32.6 Å². The summed E-state index contributed by atoms with van der Waals surface area (Å²) in [5, 5.41) is 3.46. The lowest BCUT2D eigenvalue weighted by molar-refractivity contribution is 0.414. The van der Waals surface area contributed by atoms with Crippen molar-refractivity contribution in [2.45, 2.75) is 26.2 Å². The number of benzene rings is 1. The molecule has 1 N–H and O–H groups in total. The van der Waals surface area contributed by atoms with E-state index in [1.54, 1.807) is 7.11 Å². The van der Waals surface area contributed by atoms with Crippen LogP contribution < -0.4 is 10.1 Å². The van der Waals surface area contributed by atoms with Crippen molar-refractivity contribution < 1.29 is 4.74 Å². The highest BCUT2D eigenvalue weighted by molar-refractivity contribution is 5.80. The second-order valence-corrected chi connectivity index (χ2v) is 6.03. The predicted molar refractivity (Wildman–Crippen MR) is 88.1 cm³/mol. The van der Waals surface area contributed by atoms with Gasteiger partial charge in [0.25, 0.3) is 0 Å². The van der Waals surface area contributed by atoms with Crippen molar-refractivity contribution >= 4 is 5.96 Å². The largest absolute Gasteiger partial charge is 0.497 e. The lowest BCUT2D eigenvalue weighted by Gasteiger charge is -2.22. The van der Waals surface area contributed by atoms with Crippen molar-refractivity contribution in [1.29, 1.82) is 0 Å². The molecule has 1 heterocycles. The quantitative estimate of drug-likeness (QED) is 0.684. The first-order valence-electron chi connectivity index (χ1n) is 7.73. The van der Waals surface area contributed by atoms with Crippen molar-refractivity contribution in [3.8, 4) is 5.75 Å². The fraction of sp³-hybridized carbons (Fsp3) is 0.588. The zero-order valence-corrected chi connectivity index (χ0v) is 13.6. The Morgan fingerprint density at radius 2 is 2.10 bits per heavy atom. The molecule has 0 amide bonds. The van der Waals surface area contributed by atoms with Crippen LogP contribution in [0.2, 0.25) is 0 Å². The van der Waals surface area contributed by atoms with E-state index in [-0.39, 0.29) is 0 Å². The summed E-state index contributed by atoms with van der Waals surface area (Å²) < 4.78 is 5.22. The molecule has 1 aliphatic heterocycles. The smallest absolute Gasteiger partial charge is 0.193 e. The Morgan fingerprint density at radius 3 is 2.67 bits per heavy atom. The van der Waals surface area contributed by atoms with Crippen LogP contribution in [0.4, 0.5) is 0 Å². The van der Waals surface area contributed by atoms with E-state index in [9.17, 15) is 0 Å². The van der Waals surface area contributed by atoms with E-state index >= 15 is 0 Å². The van der Waals surface area contributed by atoms with Gasteiger partial charge in [0.05, 0.1) is 7.11 Å². The predicted octanol–water partition coefficient (Wildman–Crippen LogP) is 2.72. The molecule has 0 saturated carbocycles. The number of nitrogens with zero attached hydrogens (tertiary/aromatic N) is 2. The zero-order valence-electron chi connectivity index (χ0n) is 13.6. The molecule has 1 saturated heterocycles. The van der Waals surface area contributed by atoms with E-state index in [2.05, 4.69) is 41.2 Å². The second-order valence-electron chi connectivity index (χ2n) is 6.03. The molecule has 1 fully saturated rings. The van der Waals surface area contributed by atoms with Crippen LogP contribution in [0.15, 0.2) is 29.3 Å². The molecule has 21 heavy (non-hydrogen) atoms. The summed E-state index contributed by atoms with van der Waals surface area (Å²) in [5.41, 5.74) is 1.39. The number of ether oxygens (including phenoxy) is 1. The average Bonchev–Trinajstić information content (AvgIpc) is 2.97. The fourth-order valence-corrected chi connectivity index (χ4v) is 2.73.